The van der Waals surface area contributed by atoms with Gasteiger partial charge in [-0.05, 0) is 19.3 Å². The number of aliphatic hydroxyl groups is 3. The molecular formula is C50H99NO4. The van der Waals surface area contributed by atoms with Crippen molar-refractivity contribution in [2.75, 3.05) is 6.61 Å². The number of rotatable bonds is 46. The number of unbranched alkanes of at least 4 members (excludes halogenated alkanes) is 37. The maximum atomic E-state index is 12.5. The van der Waals surface area contributed by atoms with Gasteiger partial charge in [-0.2, -0.15) is 0 Å². The Morgan fingerprint density at radius 3 is 1.05 bits per heavy atom. The van der Waals surface area contributed by atoms with Gasteiger partial charge in [-0.15, -0.1) is 0 Å². The molecule has 0 spiro atoms. The fourth-order valence-electron chi connectivity index (χ4n) is 7.99. The lowest BCUT2D eigenvalue weighted by atomic mass is 10.0. The highest BCUT2D eigenvalue weighted by Crippen LogP contribution is 2.17. The summed E-state index contributed by atoms with van der Waals surface area (Å²) >= 11 is 0. The van der Waals surface area contributed by atoms with Crippen LogP contribution >= 0.6 is 0 Å². The number of nitrogens with one attached hydrogen (secondary N) is 1. The van der Waals surface area contributed by atoms with E-state index in [0.29, 0.717) is 6.42 Å². The van der Waals surface area contributed by atoms with Crippen LogP contribution < -0.4 is 5.32 Å². The Kier molecular flexibility index (Phi) is 45.0. The third-order valence-corrected chi connectivity index (χ3v) is 11.8. The van der Waals surface area contributed by atoms with Gasteiger partial charge >= 0.3 is 0 Å². The molecule has 0 aromatic carbocycles. The Morgan fingerprint density at radius 2 is 0.745 bits per heavy atom. The summed E-state index contributed by atoms with van der Waals surface area (Å²) in [5.41, 5.74) is 0. The average molecular weight is 778 g/mol. The van der Waals surface area contributed by atoms with E-state index < -0.39 is 18.2 Å². The Morgan fingerprint density at radius 1 is 0.455 bits per heavy atom. The van der Waals surface area contributed by atoms with E-state index >= 15 is 0 Å². The fraction of sp³-hybridized carbons (Fsp3) is 0.940. The average Bonchev–Trinajstić information content (AvgIpc) is 3.18. The molecule has 0 saturated carbocycles. The van der Waals surface area contributed by atoms with E-state index in [-0.39, 0.29) is 18.9 Å². The minimum absolute atomic E-state index is 0.0191. The molecule has 4 N–H and O–H groups in total. The Labute approximate surface area is 344 Å². The van der Waals surface area contributed by atoms with E-state index in [1.807, 2.05) is 6.08 Å². The van der Waals surface area contributed by atoms with Crippen LogP contribution in [0.1, 0.15) is 277 Å². The van der Waals surface area contributed by atoms with E-state index in [2.05, 4.69) is 19.2 Å². The molecule has 0 fully saturated rings. The van der Waals surface area contributed by atoms with Gasteiger partial charge in [0.25, 0.3) is 0 Å². The van der Waals surface area contributed by atoms with Crippen LogP contribution in [-0.2, 0) is 4.79 Å². The summed E-state index contributed by atoms with van der Waals surface area (Å²) in [5.74, 6) is -0.310. The van der Waals surface area contributed by atoms with E-state index in [0.717, 1.165) is 25.7 Å². The van der Waals surface area contributed by atoms with Crippen molar-refractivity contribution in [3.8, 4) is 0 Å². The molecule has 0 aromatic rings. The monoisotopic (exact) mass is 778 g/mol. The van der Waals surface area contributed by atoms with Gasteiger partial charge in [0, 0.05) is 0 Å². The predicted molar refractivity (Wildman–Crippen MR) is 241 cm³/mol. The van der Waals surface area contributed by atoms with Crippen molar-refractivity contribution in [3.05, 3.63) is 12.2 Å². The number of amides is 1. The first-order valence-electron chi connectivity index (χ1n) is 25.0. The zero-order valence-corrected chi connectivity index (χ0v) is 37.3. The van der Waals surface area contributed by atoms with Crippen molar-refractivity contribution in [3.63, 3.8) is 0 Å². The molecule has 0 rings (SSSR count). The van der Waals surface area contributed by atoms with E-state index in [1.54, 1.807) is 6.08 Å². The molecule has 0 aliphatic heterocycles. The van der Waals surface area contributed by atoms with Crippen molar-refractivity contribution in [1.82, 2.24) is 5.32 Å². The van der Waals surface area contributed by atoms with Crippen molar-refractivity contribution >= 4 is 5.91 Å². The van der Waals surface area contributed by atoms with Gasteiger partial charge < -0.3 is 20.6 Å². The van der Waals surface area contributed by atoms with Gasteiger partial charge in [-0.1, -0.05) is 264 Å². The van der Waals surface area contributed by atoms with Crippen LogP contribution in [0.5, 0.6) is 0 Å². The van der Waals surface area contributed by atoms with Crippen LogP contribution in [0.2, 0.25) is 0 Å². The van der Waals surface area contributed by atoms with Crippen molar-refractivity contribution in [2.45, 2.75) is 295 Å². The summed E-state index contributed by atoms with van der Waals surface area (Å²) in [6, 6.07) is -0.740. The Hall–Kier alpha value is -0.910. The summed E-state index contributed by atoms with van der Waals surface area (Å²) in [5, 5.41) is 33.4. The molecule has 328 valence electrons. The van der Waals surface area contributed by atoms with E-state index in [4.69, 9.17) is 0 Å². The van der Waals surface area contributed by atoms with Crippen LogP contribution in [0, 0.1) is 0 Å². The second-order valence-corrected chi connectivity index (χ2v) is 17.4. The first-order valence-corrected chi connectivity index (χ1v) is 25.0. The Balaban J connectivity index is 3.58. The van der Waals surface area contributed by atoms with Gasteiger partial charge in [0.1, 0.15) is 0 Å². The molecule has 0 heterocycles. The second kappa shape index (κ2) is 45.8. The summed E-state index contributed by atoms with van der Waals surface area (Å²) in [6.07, 6.45) is 55.2. The third kappa shape index (κ3) is 42.5. The molecule has 0 aliphatic carbocycles. The van der Waals surface area contributed by atoms with Crippen LogP contribution in [-0.4, -0.2) is 46.1 Å². The fourth-order valence-corrected chi connectivity index (χ4v) is 7.99. The summed E-state index contributed by atoms with van der Waals surface area (Å²) in [4.78, 5) is 12.5. The van der Waals surface area contributed by atoms with Gasteiger partial charge in [0.15, 0.2) is 0 Å². The quantitative estimate of drug-likeness (QED) is 0.0366. The molecule has 3 atom stereocenters. The SMILES string of the molecule is CCCCCCCCCCCCCCCCCCCCCCC/C=C/C(O)C(CO)NC(=O)CC(O)CCCCCCCCCCCCCCCCCCC. The smallest absolute Gasteiger partial charge is 0.222 e. The Bertz CT molecular complexity index is 773. The highest BCUT2D eigenvalue weighted by molar-refractivity contribution is 5.76. The molecular weight excluding hydrogens is 679 g/mol. The van der Waals surface area contributed by atoms with Crippen LogP contribution in [0.3, 0.4) is 0 Å². The maximum Gasteiger partial charge on any atom is 0.222 e. The van der Waals surface area contributed by atoms with Gasteiger partial charge in [0.2, 0.25) is 5.91 Å². The van der Waals surface area contributed by atoms with Crippen molar-refractivity contribution in [1.29, 1.82) is 0 Å². The standard InChI is InChI=1S/C50H99NO4/c1-3-5-7-9-11-13-15-17-19-21-22-23-24-25-26-28-30-32-34-36-38-40-42-44-49(54)48(46-52)51-50(55)45-47(53)43-41-39-37-35-33-31-29-27-20-18-16-14-12-10-8-6-4-2/h42,44,47-49,52-54H,3-41,43,45-46H2,1-2H3,(H,51,55)/b44-42+. The van der Waals surface area contributed by atoms with Crippen LogP contribution in [0.25, 0.3) is 0 Å². The summed E-state index contributed by atoms with van der Waals surface area (Å²) < 4.78 is 0. The molecule has 3 unspecified atom stereocenters. The molecule has 5 nitrogen and oxygen atoms in total. The zero-order chi connectivity index (χ0) is 40.1. The lowest BCUT2D eigenvalue weighted by Crippen LogP contribution is -2.45. The number of aliphatic hydroxyl groups excluding tert-OH is 3. The van der Waals surface area contributed by atoms with Crippen molar-refractivity contribution in [2.24, 2.45) is 0 Å². The number of carbonyl (C=O) groups is 1. The molecule has 1 amide bonds. The number of hydrogen-bond donors (Lipinski definition) is 4. The molecule has 0 bridgehead atoms. The van der Waals surface area contributed by atoms with E-state index in [9.17, 15) is 20.1 Å². The van der Waals surface area contributed by atoms with Crippen molar-refractivity contribution < 1.29 is 20.1 Å². The lowest BCUT2D eigenvalue weighted by molar-refractivity contribution is -0.124. The van der Waals surface area contributed by atoms with Gasteiger partial charge in [0.05, 0.1) is 31.3 Å². The summed E-state index contributed by atoms with van der Waals surface area (Å²) in [6.45, 7) is 4.24. The molecule has 0 aliphatic rings. The molecule has 0 saturated heterocycles. The van der Waals surface area contributed by atoms with Crippen LogP contribution in [0.4, 0.5) is 0 Å². The topological polar surface area (TPSA) is 89.8 Å². The summed E-state index contributed by atoms with van der Waals surface area (Å²) in [7, 11) is 0. The third-order valence-electron chi connectivity index (χ3n) is 11.8. The molecule has 0 radical (unpaired) electrons. The second-order valence-electron chi connectivity index (χ2n) is 17.4. The highest BCUT2D eigenvalue weighted by atomic mass is 16.3. The van der Waals surface area contributed by atoms with E-state index in [1.165, 1.54) is 225 Å². The minimum atomic E-state index is -0.925. The molecule has 0 aromatic heterocycles. The first-order chi connectivity index (χ1) is 27.0. The van der Waals surface area contributed by atoms with Crippen LogP contribution in [0.15, 0.2) is 12.2 Å². The first kappa shape index (κ1) is 54.1. The number of carbonyl (C=O) groups excluding carboxylic acids is 1. The number of hydrogen-bond acceptors (Lipinski definition) is 4. The predicted octanol–water partition coefficient (Wildman–Crippen LogP) is 14.8. The highest BCUT2D eigenvalue weighted by Gasteiger charge is 2.20. The number of allylic oxidation sites excluding steroid dienone is 1. The normalized spacial score (nSPS) is 13.5. The molecule has 5 heteroatoms. The zero-order valence-electron chi connectivity index (χ0n) is 37.3. The lowest BCUT2D eigenvalue weighted by Gasteiger charge is -2.21. The molecule has 55 heavy (non-hydrogen) atoms. The van der Waals surface area contributed by atoms with Gasteiger partial charge in [-0.25, -0.2) is 0 Å². The largest absolute Gasteiger partial charge is 0.394 e. The van der Waals surface area contributed by atoms with Gasteiger partial charge in [-0.3, -0.25) is 4.79 Å². The maximum absolute atomic E-state index is 12.5. The minimum Gasteiger partial charge on any atom is -0.394 e.